The maximum atomic E-state index is 12.3. The highest BCUT2D eigenvalue weighted by atomic mass is 16.1. The molecule has 1 aromatic carbocycles. The zero-order chi connectivity index (χ0) is 14.4. The quantitative estimate of drug-likeness (QED) is 0.862. The van der Waals surface area contributed by atoms with Gasteiger partial charge < -0.3 is 10.6 Å². The van der Waals surface area contributed by atoms with E-state index in [0.717, 1.165) is 37.5 Å². The molecule has 0 unspecified atom stereocenters. The van der Waals surface area contributed by atoms with Gasteiger partial charge in [0.25, 0.3) is 0 Å². The minimum atomic E-state index is 0.192. The van der Waals surface area contributed by atoms with Gasteiger partial charge in [0.2, 0.25) is 5.91 Å². The lowest BCUT2D eigenvalue weighted by atomic mass is 9.82. The molecule has 3 nitrogen and oxygen atoms in total. The van der Waals surface area contributed by atoms with Gasteiger partial charge in [0, 0.05) is 18.2 Å². The van der Waals surface area contributed by atoms with Crippen LogP contribution in [0, 0.1) is 11.8 Å². The van der Waals surface area contributed by atoms with Crippen LogP contribution < -0.4 is 10.6 Å². The molecule has 1 amide bonds. The minimum absolute atomic E-state index is 0.192. The molecule has 0 spiro atoms. The van der Waals surface area contributed by atoms with Crippen LogP contribution in [0.15, 0.2) is 24.3 Å². The molecule has 0 radical (unpaired) electrons. The number of anilines is 1. The van der Waals surface area contributed by atoms with E-state index in [9.17, 15) is 4.79 Å². The molecule has 1 aliphatic rings. The molecular formula is C17H26N2O. The number of carbonyl (C=O) groups excluding carboxylic acids is 1. The Morgan fingerprint density at radius 3 is 2.70 bits per heavy atom. The fraction of sp³-hybridized carbons (Fsp3) is 0.588. The maximum Gasteiger partial charge on any atom is 0.227 e. The average molecular weight is 274 g/mol. The normalized spacial score (nSPS) is 22.5. The number of hydrogen-bond donors (Lipinski definition) is 2. The molecular weight excluding hydrogens is 248 g/mol. The molecule has 1 aliphatic carbocycles. The largest absolute Gasteiger partial charge is 0.326 e. The summed E-state index contributed by atoms with van der Waals surface area (Å²) in [7, 11) is 0. The molecule has 0 atom stereocenters. The lowest BCUT2D eigenvalue weighted by Crippen LogP contribution is -2.26. The van der Waals surface area contributed by atoms with Crippen molar-refractivity contribution in [2.75, 3.05) is 11.9 Å². The first-order chi connectivity index (χ1) is 9.69. The number of rotatable bonds is 5. The minimum Gasteiger partial charge on any atom is -0.326 e. The van der Waals surface area contributed by atoms with Crippen LogP contribution in [-0.2, 0) is 11.3 Å². The number of nitrogens with one attached hydrogen (secondary N) is 2. The molecule has 20 heavy (non-hydrogen) atoms. The second-order valence-corrected chi connectivity index (χ2v) is 5.93. The van der Waals surface area contributed by atoms with Gasteiger partial charge in [-0.05, 0) is 55.8 Å². The van der Waals surface area contributed by atoms with Gasteiger partial charge >= 0.3 is 0 Å². The van der Waals surface area contributed by atoms with Gasteiger partial charge in [-0.25, -0.2) is 0 Å². The van der Waals surface area contributed by atoms with Gasteiger partial charge in [-0.3, -0.25) is 4.79 Å². The molecule has 1 saturated carbocycles. The van der Waals surface area contributed by atoms with Gasteiger partial charge in [-0.1, -0.05) is 26.0 Å². The van der Waals surface area contributed by atoms with E-state index in [0.29, 0.717) is 0 Å². The lowest BCUT2D eigenvalue weighted by molar-refractivity contribution is -0.121. The van der Waals surface area contributed by atoms with Crippen molar-refractivity contribution in [3.63, 3.8) is 0 Å². The van der Waals surface area contributed by atoms with Crippen LogP contribution in [0.25, 0.3) is 0 Å². The predicted octanol–water partition coefficient (Wildman–Crippen LogP) is 3.56. The molecule has 3 heteroatoms. The van der Waals surface area contributed by atoms with Crippen LogP contribution in [0.4, 0.5) is 5.69 Å². The number of amides is 1. The maximum absolute atomic E-state index is 12.3. The number of carbonyl (C=O) groups is 1. The first kappa shape index (κ1) is 15.0. The van der Waals surface area contributed by atoms with Crippen LogP contribution in [0.2, 0.25) is 0 Å². The molecule has 2 rings (SSSR count). The summed E-state index contributed by atoms with van der Waals surface area (Å²) in [5.41, 5.74) is 2.13. The Labute approximate surface area is 122 Å². The summed E-state index contributed by atoms with van der Waals surface area (Å²) >= 11 is 0. The summed E-state index contributed by atoms with van der Waals surface area (Å²) in [5, 5.41) is 6.38. The van der Waals surface area contributed by atoms with Gasteiger partial charge in [0.15, 0.2) is 0 Å². The Hall–Kier alpha value is -1.35. The molecule has 0 aromatic heterocycles. The summed E-state index contributed by atoms with van der Waals surface area (Å²) < 4.78 is 0. The SMILES string of the molecule is CCNCc1cccc(NC(=O)C2CCC(C)CC2)c1. The molecule has 1 aromatic rings. The van der Waals surface area contributed by atoms with Crippen LogP contribution in [-0.4, -0.2) is 12.5 Å². The highest BCUT2D eigenvalue weighted by molar-refractivity contribution is 5.92. The van der Waals surface area contributed by atoms with E-state index < -0.39 is 0 Å². The molecule has 0 bridgehead atoms. The monoisotopic (exact) mass is 274 g/mol. The Kier molecular flexibility index (Phi) is 5.60. The molecule has 0 heterocycles. The van der Waals surface area contributed by atoms with E-state index in [1.54, 1.807) is 0 Å². The summed E-state index contributed by atoms with van der Waals surface area (Å²) in [4.78, 5) is 12.3. The van der Waals surface area contributed by atoms with Gasteiger partial charge in [0.1, 0.15) is 0 Å². The Balaban J connectivity index is 1.90. The van der Waals surface area contributed by atoms with Crippen LogP contribution in [0.5, 0.6) is 0 Å². The van der Waals surface area contributed by atoms with E-state index >= 15 is 0 Å². The first-order valence-electron chi connectivity index (χ1n) is 7.79. The van der Waals surface area contributed by atoms with Crippen molar-refractivity contribution < 1.29 is 4.79 Å². The van der Waals surface area contributed by atoms with E-state index in [1.165, 1.54) is 18.4 Å². The highest BCUT2D eigenvalue weighted by Crippen LogP contribution is 2.29. The molecule has 110 valence electrons. The van der Waals surface area contributed by atoms with Gasteiger partial charge in [-0.2, -0.15) is 0 Å². The average Bonchev–Trinajstić information content (AvgIpc) is 2.46. The van der Waals surface area contributed by atoms with Crippen molar-refractivity contribution in [3.8, 4) is 0 Å². The van der Waals surface area contributed by atoms with E-state index in [-0.39, 0.29) is 11.8 Å². The van der Waals surface area contributed by atoms with Crippen molar-refractivity contribution in [1.29, 1.82) is 0 Å². The van der Waals surface area contributed by atoms with Crippen molar-refractivity contribution in [3.05, 3.63) is 29.8 Å². The highest BCUT2D eigenvalue weighted by Gasteiger charge is 2.24. The zero-order valence-corrected chi connectivity index (χ0v) is 12.6. The van der Waals surface area contributed by atoms with E-state index in [4.69, 9.17) is 0 Å². The predicted molar refractivity (Wildman–Crippen MR) is 83.6 cm³/mol. The van der Waals surface area contributed by atoms with Crippen molar-refractivity contribution in [2.24, 2.45) is 11.8 Å². The second-order valence-electron chi connectivity index (χ2n) is 5.93. The number of benzene rings is 1. The van der Waals surface area contributed by atoms with Crippen molar-refractivity contribution >= 4 is 11.6 Å². The summed E-state index contributed by atoms with van der Waals surface area (Å²) in [6.07, 6.45) is 4.42. The van der Waals surface area contributed by atoms with Crippen LogP contribution in [0.3, 0.4) is 0 Å². The van der Waals surface area contributed by atoms with E-state index in [1.807, 2.05) is 12.1 Å². The topological polar surface area (TPSA) is 41.1 Å². The molecule has 0 aliphatic heterocycles. The fourth-order valence-corrected chi connectivity index (χ4v) is 2.79. The third-order valence-corrected chi connectivity index (χ3v) is 4.16. The smallest absolute Gasteiger partial charge is 0.227 e. The third kappa shape index (κ3) is 4.34. The van der Waals surface area contributed by atoms with Gasteiger partial charge in [0.05, 0.1) is 0 Å². The Morgan fingerprint density at radius 2 is 2.00 bits per heavy atom. The third-order valence-electron chi connectivity index (χ3n) is 4.16. The van der Waals surface area contributed by atoms with Crippen molar-refractivity contribution in [2.45, 2.75) is 46.1 Å². The summed E-state index contributed by atoms with van der Waals surface area (Å²) in [6, 6.07) is 8.12. The fourth-order valence-electron chi connectivity index (χ4n) is 2.79. The van der Waals surface area contributed by atoms with Crippen LogP contribution >= 0.6 is 0 Å². The lowest BCUT2D eigenvalue weighted by Gasteiger charge is -2.25. The summed E-state index contributed by atoms with van der Waals surface area (Å²) in [6.45, 7) is 6.17. The van der Waals surface area contributed by atoms with Gasteiger partial charge in [-0.15, -0.1) is 0 Å². The molecule has 2 N–H and O–H groups in total. The second kappa shape index (κ2) is 7.44. The molecule has 0 saturated heterocycles. The van der Waals surface area contributed by atoms with E-state index in [2.05, 4.69) is 36.6 Å². The standard InChI is InChI=1S/C17H26N2O/c1-3-18-12-14-5-4-6-16(11-14)19-17(20)15-9-7-13(2)8-10-15/h4-6,11,13,15,18H,3,7-10,12H2,1-2H3,(H,19,20). The first-order valence-corrected chi connectivity index (χ1v) is 7.79. The summed E-state index contributed by atoms with van der Waals surface area (Å²) in [5.74, 6) is 1.17. The molecule has 1 fully saturated rings. The number of hydrogen-bond acceptors (Lipinski definition) is 2. The van der Waals surface area contributed by atoms with Crippen molar-refractivity contribution in [1.82, 2.24) is 5.32 Å². The Morgan fingerprint density at radius 1 is 1.25 bits per heavy atom. The zero-order valence-electron chi connectivity index (χ0n) is 12.6. The van der Waals surface area contributed by atoms with Crippen LogP contribution in [0.1, 0.15) is 45.1 Å². The Bertz CT molecular complexity index is 436.